The Labute approximate surface area is 331 Å². The first-order chi connectivity index (χ1) is 26.1. The highest BCUT2D eigenvalue weighted by Crippen LogP contribution is 2.30. The molecule has 7 N–H and O–H groups in total. The predicted octanol–water partition coefficient (Wildman–Crippen LogP) is 1.96. The molecular formula is C37H68O15S2. The van der Waals surface area contributed by atoms with Crippen LogP contribution < -0.4 is 0 Å². The van der Waals surface area contributed by atoms with Gasteiger partial charge in [-0.3, -0.25) is 9.59 Å². The number of unbranched alkanes of at least 4 members (excludes halogenated alkanes) is 14. The molecule has 2 aliphatic rings. The molecule has 0 aromatic carbocycles. The highest BCUT2D eigenvalue weighted by Gasteiger charge is 2.50. The van der Waals surface area contributed by atoms with Crippen molar-refractivity contribution >= 4 is 37.2 Å². The van der Waals surface area contributed by atoms with E-state index in [0.717, 1.165) is 75.7 Å². The molecule has 0 aromatic heterocycles. The third-order valence-electron chi connectivity index (χ3n) is 9.71. The lowest BCUT2D eigenvalue weighted by Gasteiger charge is -2.46. The van der Waals surface area contributed by atoms with Crippen molar-refractivity contribution in [2.24, 2.45) is 0 Å². The van der Waals surface area contributed by atoms with E-state index in [2.05, 4.69) is 25.3 Å². The minimum atomic E-state index is -1.80. The number of thiol groups is 2. The van der Waals surface area contributed by atoms with Crippen LogP contribution in [0.4, 0.5) is 0 Å². The molecule has 0 spiro atoms. The van der Waals surface area contributed by atoms with Gasteiger partial charge in [-0.15, -0.1) is 0 Å². The van der Waals surface area contributed by atoms with Gasteiger partial charge in [-0.05, 0) is 37.2 Å². The Hall–Kier alpha value is -0.800. The number of ether oxygens (including phenoxy) is 6. The van der Waals surface area contributed by atoms with Crippen molar-refractivity contribution in [3.05, 3.63) is 0 Å². The van der Waals surface area contributed by atoms with Crippen LogP contribution in [0.25, 0.3) is 0 Å². The maximum Gasteiger partial charge on any atom is 0.306 e. The molecule has 2 aliphatic heterocycles. The average molecular weight is 817 g/mol. The average Bonchev–Trinajstić information content (AvgIpc) is 3.16. The molecular weight excluding hydrogens is 749 g/mol. The lowest BCUT2D eigenvalue weighted by Crippen LogP contribution is -2.64. The summed E-state index contributed by atoms with van der Waals surface area (Å²) in [5, 5.41) is 71.9. The Morgan fingerprint density at radius 3 is 1.52 bits per heavy atom. The van der Waals surface area contributed by atoms with Crippen molar-refractivity contribution in [1.29, 1.82) is 0 Å². The predicted molar refractivity (Wildman–Crippen MR) is 204 cm³/mol. The number of carbonyl (C=O) groups excluding carboxylic acids is 2. The minimum Gasteiger partial charge on any atom is -0.462 e. The van der Waals surface area contributed by atoms with Gasteiger partial charge in [-0.2, -0.15) is 25.3 Å². The van der Waals surface area contributed by atoms with Crippen LogP contribution >= 0.6 is 25.3 Å². The summed E-state index contributed by atoms with van der Waals surface area (Å²) in [5.41, 5.74) is 0. The smallest absolute Gasteiger partial charge is 0.306 e. The number of rotatable bonds is 30. The monoisotopic (exact) mass is 816 g/mol. The summed E-state index contributed by atoms with van der Waals surface area (Å²) in [5.74, 6) is 0.850. The Morgan fingerprint density at radius 2 is 1.00 bits per heavy atom. The fourth-order valence-corrected chi connectivity index (χ4v) is 6.85. The standard InChI is InChI=1S/C37H68O15S2/c38-21-26-30(42)31(43)33(45)37(50-26)52-35-27(22-39)51-36(34(46)32(35)44)48-24-25(49-29(41)18-14-10-6-2-4-8-12-16-20-54)23-47-28(40)17-13-9-5-1-3-7-11-15-19-53/h25-27,30-39,42-46,53-54H,1-24H2. The molecule has 2 saturated heterocycles. The van der Waals surface area contributed by atoms with Crippen LogP contribution in [0.3, 0.4) is 0 Å². The molecule has 17 heteroatoms. The van der Waals surface area contributed by atoms with Crippen molar-refractivity contribution < 1.29 is 73.8 Å². The molecule has 54 heavy (non-hydrogen) atoms. The normalized spacial score (nSPS) is 29.2. The van der Waals surface area contributed by atoms with E-state index in [9.17, 15) is 45.3 Å². The first kappa shape index (κ1) is 49.3. The van der Waals surface area contributed by atoms with Crippen LogP contribution in [0.1, 0.15) is 116 Å². The molecule has 11 unspecified atom stereocenters. The van der Waals surface area contributed by atoms with Crippen LogP contribution in [0.2, 0.25) is 0 Å². The number of esters is 2. The van der Waals surface area contributed by atoms with Gasteiger partial charge in [0.1, 0.15) is 55.4 Å². The van der Waals surface area contributed by atoms with Crippen LogP contribution in [-0.2, 0) is 38.0 Å². The zero-order valence-electron chi connectivity index (χ0n) is 31.6. The summed E-state index contributed by atoms with van der Waals surface area (Å²) in [6.45, 7) is -2.15. The molecule has 2 fully saturated rings. The van der Waals surface area contributed by atoms with Crippen molar-refractivity contribution in [2.75, 3.05) is 37.9 Å². The topological polar surface area (TPSA) is 231 Å². The number of aliphatic hydroxyl groups is 7. The molecule has 318 valence electrons. The summed E-state index contributed by atoms with van der Waals surface area (Å²) in [7, 11) is 0. The molecule has 2 heterocycles. The maximum absolute atomic E-state index is 12.8. The van der Waals surface area contributed by atoms with Gasteiger partial charge in [0.2, 0.25) is 0 Å². The summed E-state index contributed by atoms with van der Waals surface area (Å²) in [6.07, 6.45) is -0.311. The Balaban J connectivity index is 1.91. The van der Waals surface area contributed by atoms with Gasteiger partial charge in [0.05, 0.1) is 19.8 Å². The number of hydrogen-bond donors (Lipinski definition) is 9. The molecule has 2 rings (SSSR count). The van der Waals surface area contributed by atoms with E-state index in [1.807, 2.05) is 0 Å². The quantitative estimate of drug-likeness (QED) is 0.0287. The van der Waals surface area contributed by atoms with E-state index in [-0.39, 0.29) is 26.1 Å². The Bertz CT molecular complexity index is 980. The van der Waals surface area contributed by atoms with Crippen molar-refractivity contribution in [3.63, 3.8) is 0 Å². The van der Waals surface area contributed by atoms with E-state index in [4.69, 9.17) is 28.4 Å². The SMILES string of the molecule is O=C(CCCCCCCCCCS)OCC(COC1OC(CO)C(OC2OC(CO)C(O)C(O)C2O)C(O)C1O)OC(=O)CCCCCCCCCCS. The van der Waals surface area contributed by atoms with Crippen molar-refractivity contribution in [2.45, 2.75) is 183 Å². The number of carbonyl (C=O) groups is 2. The maximum atomic E-state index is 12.8. The molecule has 0 aliphatic carbocycles. The fraction of sp³-hybridized carbons (Fsp3) is 0.946. The number of aliphatic hydroxyl groups excluding tert-OH is 7. The third-order valence-corrected chi connectivity index (χ3v) is 10.3. The summed E-state index contributed by atoms with van der Waals surface area (Å²) in [4.78, 5) is 25.3. The largest absolute Gasteiger partial charge is 0.462 e. The van der Waals surface area contributed by atoms with Gasteiger partial charge in [0.25, 0.3) is 0 Å². The van der Waals surface area contributed by atoms with Gasteiger partial charge < -0.3 is 64.2 Å². The molecule has 15 nitrogen and oxygen atoms in total. The van der Waals surface area contributed by atoms with Crippen molar-refractivity contribution in [3.8, 4) is 0 Å². The van der Waals surface area contributed by atoms with E-state index in [1.165, 1.54) is 25.7 Å². The van der Waals surface area contributed by atoms with Gasteiger partial charge in [-0.1, -0.05) is 77.0 Å². The van der Waals surface area contributed by atoms with Gasteiger partial charge in [0.15, 0.2) is 18.7 Å². The van der Waals surface area contributed by atoms with Gasteiger partial charge in [0, 0.05) is 12.8 Å². The first-order valence-corrected chi connectivity index (χ1v) is 21.1. The van der Waals surface area contributed by atoms with E-state index >= 15 is 0 Å². The second-order valence-corrected chi connectivity index (χ2v) is 15.1. The molecule has 0 bridgehead atoms. The highest BCUT2D eigenvalue weighted by atomic mass is 32.1. The van der Waals surface area contributed by atoms with Crippen molar-refractivity contribution in [1.82, 2.24) is 0 Å². The lowest BCUT2D eigenvalue weighted by atomic mass is 9.97. The zero-order chi connectivity index (χ0) is 39.7. The lowest BCUT2D eigenvalue weighted by molar-refractivity contribution is -0.360. The van der Waals surface area contributed by atoms with Crippen LogP contribution in [0, 0.1) is 0 Å². The molecule has 0 amide bonds. The Kier molecular flexibility index (Phi) is 26.9. The minimum absolute atomic E-state index is 0.156. The van der Waals surface area contributed by atoms with E-state index in [1.54, 1.807) is 0 Å². The second kappa shape index (κ2) is 29.4. The first-order valence-electron chi connectivity index (χ1n) is 19.8. The highest BCUT2D eigenvalue weighted by molar-refractivity contribution is 7.80. The number of hydrogen-bond acceptors (Lipinski definition) is 17. The van der Waals surface area contributed by atoms with Gasteiger partial charge >= 0.3 is 11.9 Å². The second-order valence-electron chi connectivity index (χ2n) is 14.2. The van der Waals surface area contributed by atoms with Crippen LogP contribution in [-0.4, -0.2) is 153 Å². The third kappa shape index (κ3) is 18.6. The molecule has 0 aromatic rings. The van der Waals surface area contributed by atoms with E-state index in [0.29, 0.717) is 12.8 Å². The van der Waals surface area contributed by atoms with Crippen LogP contribution in [0.15, 0.2) is 0 Å². The zero-order valence-corrected chi connectivity index (χ0v) is 33.4. The van der Waals surface area contributed by atoms with E-state index < -0.39 is 92.7 Å². The summed E-state index contributed by atoms with van der Waals surface area (Å²) >= 11 is 8.46. The van der Waals surface area contributed by atoms with Crippen LogP contribution in [0.5, 0.6) is 0 Å². The fourth-order valence-electron chi connectivity index (χ4n) is 6.40. The molecule has 0 saturated carbocycles. The van der Waals surface area contributed by atoms with Gasteiger partial charge in [-0.25, -0.2) is 0 Å². The summed E-state index contributed by atoms with van der Waals surface area (Å²) < 4.78 is 33.4. The Morgan fingerprint density at radius 1 is 0.537 bits per heavy atom. The molecule has 11 atom stereocenters. The molecule has 0 radical (unpaired) electrons. The summed E-state index contributed by atoms with van der Waals surface area (Å²) in [6, 6.07) is 0.